The average molecular weight is 281 g/mol. The Labute approximate surface area is 121 Å². The second-order valence-electron chi connectivity index (χ2n) is 6.28. The first-order valence-electron chi connectivity index (χ1n) is 7.82. The molecule has 5 heteroatoms. The molecule has 2 N–H and O–H groups in total. The predicted octanol–water partition coefficient (Wildman–Crippen LogP) is 0.892. The Morgan fingerprint density at radius 1 is 1.15 bits per heavy atom. The fourth-order valence-electron chi connectivity index (χ4n) is 3.34. The molecule has 3 atom stereocenters. The Morgan fingerprint density at radius 3 is 2.65 bits per heavy atom. The van der Waals surface area contributed by atoms with Crippen LogP contribution in [-0.2, 0) is 9.59 Å². The van der Waals surface area contributed by atoms with Crippen LogP contribution in [0.4, 0.5) is 0 Å². The Bertz CT molecular complexity index is 357. The summed E-state index contributed by atoms with van der Waals surface area (Å²) in [5, 5.41) is 6.39. The van der Waals surface area contributed by atoms with Crippen LogP contribution in [0.3, 0.4) is 0 Å². The van der Waals surface area contributed by atoms with E-state index in [9.17, 15) is 9.59 Å². The van der Waals surface area contributed by atoms with Gasteiger partial charge in [-0.15, -0.1) is 0 Å². The minimum absolute atomic E-state index is 0.0502. The van der Waals surface area contributed by atoms with Crippen LogP contribution in [0.1, 0.15) is 44.9 Å². The van der Waals surface area contributed by atoms with Gasteiger partial charge in [-0.25, -0.2) is 0 Å². The van der Waals surface area contributed by atoms with Gasteiger partial charge in [-0.2, -0.15) is 0 Å². The van der Waals surface area contributed by atoms with Crippen LogP contribution in [0.15, 0.2) is 0 Å². The maximum Gasteiger partial charge on any atom is 0.237 e. The van der Waals surface area contributed by atoms with Crippen LogP contribution in [0.25, 0.3) is 0 Å². The van der Waals surface area contributed by atoms with Gasteiger partial charge in [0.25, 0.3) is 0 Å². The fourth-order valence-corrected chi connectivity index (χ4v) is 3.34. The van der Waals surface area contributed by atoms with Crippen molar-refractivity contribution in [2.45, 2.75) is 57.0 Å². The molecule has 0 spiro atoms. The number of rotatable bonds is 4. The molecule has 2 fully saturated rings. The first-order chi connectivity index (χ1) is 9.58. The summed E-state index contributed by atoms with van der Waals surface area (Å²) >= 11 is 0. The predicted molar refractivity (Wildman–Crippen MR) is 78.2 cm³/mol. The summed E-state index contributed by atoms with van der Waals surface area (Å²) in [5.41, 5.74) is 0. The SMILES string of the molecule is CN(C)C(=O)CCNC(=O)C1CCC2CCCCC2N1. The van der Waals surface area contributed by atoms with Crippen LogP contribution in [0, 0.1) is 5.92 Å². The Morgan fingerprint density at radius 2 is 1.90 bits per heavy atom. The Kier molecular flexibility index (Phi) is 5.40. The first kappa shape index (κ1) is 15.3. The van der Waals surface area contributed by atoms with E-state index in [0.29, 0.717) is 19.0 Å². The third kappa shape index (κ3) is 3.95. The molecule has 5 nitrogen and oxygen atoms in total. The molecule has 0 bridgehead atoms. The van der Waals surface area contributed by atoms with E-state index in [0.717, 1.165) is 18.8 Å². The molecule has 2 aliphatic rings. The Balaban J connectivity index is 1.71. The molecule has 2 amide bonds. The van der Waals surface area contributed by atoms with Crippen LogP contribution in [0.5, 0.6) is 0 Å². The van der Waals surface area contributed by atoms with Gasteiger partial charge in [0, 0.05) is 33.1 Å². The topological polar surface area (TPSA) is 61.4 Å². The minimum atomic E-state index is -0.0659. The van der Waals surface area contributed by atoms with Gasteiger partial charge in [0.05, 0.1) is 6.04 Å². The van der Waals surface area contributed by atoms with Crippen molar-refractivity contribution in [3.05, 3.63) is 0 Å². The summed E-state index contributed by atoms with van der Waals surface area (Å²) in [6, 6.07) is 0.459. The summed E-state index contributed by atoms with van der Waals surface area (Å²) in [6.07, 6.45) is 7.58. The second-order valence-corrected chi connectivity index (χ2v) is 6.28. The van der Waals surface area contributed by atoms with Gasteiger partial charge in [-0.3, -0.25) is 9.59 Å². The quantitative estimate of drug-likeness (QED) is 0.804. The Hall–Kier alpha value is -1.10. The van der Waals surface area contributed by atoms with Gasteiger partial charge in [0.15, 0.2) is 0 Å². The summed E-state index contributed by atoms with van der Waals surface area (Å²) in [7, 11) is 3.46. The van der Waals surface area contributed by atoms with Crippen molar-refractivity contribution in [1.82, 2.24) is 15.5 Å². The molecule has 1 aliphatic heterocycles. The van der Waals surface area contributed by atoms with Gasteiger partial charge in [-0.05, 0) is 31.6 Å². The maximum atomic E-state index is 12.1. The summed E-state index contributed by atoms with van der Waals surface area (Å²) < 4.78 is 0. The first-order valence-corrected chi connectivity index (χ1v) is 7.82. The van der Waals surface area contributed by atoms with E-state index >= 15 is 0 Å². The van der Waals surface area contributed by atoms with Crippen LogP contribution < -0.4 is 10.6 Å². The highest BCUT2D eigenvalue weighted by Crippen LogP contribution is 2.32. The number of hydrogen-bond donors (Lipinski definition) is 2. The normalized spacial score (nSPS) is 29.4. The minimum Gasteiger partial charge on any atom is -0.354 e. The molecule has 0 aromatic rings. The lowest BCUT2D eigenvalue weighted by Gasteiger charge is -2.39. The fraction of sp³-hybridized carbons (Fsp3) is 0.867. The van der Waals surface area contributed by atoms with Crippen LogP contribution in [0.2, 0.25) is 0 Å². The van der Waals surface area contributed by atoms with E-state index < -0.39 is 0 Å². The number of fused-ring (bicyclic) bond motifs is 1. The molecule has 1 heterocycles. The molecule has 1 saturated carbocycles. The lowest BCUT2D eigenvalue weighted by Crippen LogP contribution is -2.55. The molecule has 2 rings (SSSR count). The van der Waals surface area contributed by atoms with E-state index in [1.54, 1.807) is 19.0 Å². The molecule has 1 aliphatic carbocycles. The molecule has 114 valence electrons. The zero-order valence-corrected chi connectivity index (χ0v) is 12.7. The number of carbonyl (C=O) groups excluding carboxylic acids is 2. The summed E-state index contributed by atoms with van der Waals surface area (Å²) in [5.74, 6) is 0.873. The van der Waals surface area contributed by atoms with E-state index in [1.165, 1.54) is 25.7 Å². The largest absolute Gasteiger partial charge is 0.354 e. The van der Waals surface area contributed by atoms with Crippen molar-refractivity contribution in [2.75, 3.05) is 20.6 Å². The van der Waals surface area contributed by atoms with E-state index in [4.69, 9.17) is 0 Å². The van der Waals surface area contributed by atoms with Crippen molar-refractivity contribution < 1.29 is 9.59 Å². The van der Waals surface area contributed by atoms with Gasteiger partial charge < -0.3 is 15.5 Å². The number of piperidine rings is 1. The highest BCUT2D eigenvalue weighted by atomic mass is 16.2. The van der Waals surface area contributed by atoms with Crippen LogP contribution in [-0.4, -0.2) is 49.4 Å². The molecular weight excluding hydrogens is 254 g/mol. The van der Waals surface area contributed by atoms with Gasteiger partial charge in [0.2, 0.25) is 11.8 Å². The molecule has 20 heavy (non-hydrogen) atoms. The van der Waals surface area contributed by atoms with E-state index in [2.05, 4.69) is 10.6 Å². The lowest BCUT2D eigenvalue weighted by molar-refractivity contribution is -0.129. The highest BCUT2D eigenvalue weighted by molar-refractivity contribution is 5.82. The molecule has 3 unspecified atom stereocenters. The van der Waals surface area contributed by atoms with E-state index in [1.807, 2.05) is 0 Å². The number of amides is 2. The van der Waals surface area contributed by atoms with Gasteiger partial charge in [-0.1, -0.05) is 12.8 Å². The van der Waals surface area contributed by atoms with Crippen molar-refractivity contribution in [2.24, 2.45) is 5.92 Å². The third-order valence-corrected chi connectivity index (χ3v) is 4.60. The number of nitrogens with zero attached hydrogens (tertiary/aromatic N) is 1. The molecule has 1 saturated heterocycles. The highest BCUT2D eigenvalue weighted by Gasteiger charge is 2.34. The lowest BCUT2D eigenvalue weighted by atomic mass is 9.77. The zero-order chi connectivity index (χ0) is 14.5. The number of carbonyl (C=O) groups is 2. The third-order valence-electron chi connectivity index (χ3n) is 4.60. The van der Waals surface area contributed by atoms with Gasteiger partial charge in [0.1, 0.15) is 0 Å². The maximum absolute atomic E-state index is 12.1. The average Bonchev–Trinajstić information content (AvgIpc) is 2.46. The summed E-state index contributed by atoms with van der Waals surface area (Å²) in [6.45, 7) is 0.433. The van der Waals surface area contributed by atoms with Crippen LogP contribution >= 0.6 is 0 Å². The zero-order valence-electron chi connectivity index (χ0n) is 12.7. The monoisotopic (exact) mass is 281 g/mol. The standard InChI is InChI=1S/C15H27N3O2/c1-18(2)14(19)9-10-16-15(20)13-8-7-11-5-3-4-6-12(11)17-13/h11-13,17H,3-10H2,1-2H3,(H,16,20). The molecule has 0 aromatic heterocycles. The molecular formula is C15H27N3O2. The van der Waals surface area contributed by atoms with Gasteiger partial charge >= 0.3 is 0 Å². The molecule has 0 aromatic carbocycles. The molecule has 0 radical (unpaired) electrons. The second kappa shape index (κ2) is 7.07. The van der Waals surface area contributed by atoms with E-state index in [-0.39, 0.29) is 17.9 Å². The van der Waals surface area contributed by atoms with Crippen molar-refractivity contribution in [1.29, 1.82) is 0 Å². The number of nitrogens with one attached hydrogen (secondary N) is 2. The van der Waals surface area contributed by atoms with Crippen molar-refractivity contribution >= 4 is 11.8 Å². The smallest absolute Gasteiger partial charge is 0.237 e. The van der Waals surface area contributed by atoms with Crippen molar-refractivity contribution in [3.63, 3.8) is 0 Å². The van der Waals surface area contributed by atoms with Crippen molar-refractivity contribution in [3.8, 4) is 0 Å². The summed E-state index contributed by atoms with van der Waals surface area (Å²) in [4.78, 5) is 25.1. The number of hydrogen-bond acceptors (Lipinski definition) is 3.